The molecule has 1 aliphatic heterocycles. The predicted molar refractivity (Wildman–Crippen MR) is 62.6 cm³/mol. The molecule has 0 spiro atoms. The lowest BCUT2D eigenvalue weighted by molar-refractivity contribution is 0.0933. The number of hydrogen-bond acceptors (Lipinski definition) is 3. The van der Waals surface area contributed by atoms with Gasteiger partial charge in [0.2, 0.25) is 0 Å². The van der Waals surface area contributed by atoms with Gasteiger partial charge in [0.1, 0.15) is 5.69 Å². The maximum Gasteiger partial charge on any atom is 0.270 e. The van der Waals surface area contributed by atoms with Crippen LogP contribution in [0.5, 0.6) is 0 Å². The number of carbonyl (C=O) groups excluding carboxylic acids is 1. The van der Waals surface area contributed by atoms with Gasteiger partial charge in [-0.25, -0.2) is 0 Å². The molecule has 0 aliphatic carbocycles. The fourth-order valence-corrected chi connectivity index (χ4v) is 2.00. The average Bonchev–Trinajstić information content (AvgIpc) is 2.64. The van der Waals surface area contributed by atoms with Gasteiger partial charge in [-0.1, -0.05) is 11.6 Å². The lowest BCUT2D eigenvalue weighted by atomic mass is 10.2. The van der Waals surface area contributed by atoms with Crippen molar-refractivity contribution in [1.82, 2.24) is 15.2 Å². The third kappa shape index (κ3) is 2.71. The molecule has 16 heavy (non-hydrogen) atoms. The number of carbonyl (C=O) groups is 1. The maximum atomic E-state index is 11.8. The summed E-state index contributed by atoms with van der Waals surface area (Å²) in [4.78, 5) is 18.0. The number of likely N-dealkylation sites (tertiary alicyclic amines) is 1. The Labute approximate surface area is 99.6 Å². The molecule has 86 valence electrons. The number of pyridine rings is 1. The molecule has 0 radical (unpaired) electrons. The van der Waals surface area contributed by atoms with E-state index in [1.807, 2.05) is 7.05 Å². The summed E-state index contributed by atoms with van der Waals surface area (Å²) in [7, 11) is 2.05. The highest BCUT2D eigenvalue weighted by Gasteiger charge is 2.21. The molecule has 5 heteroatoms. The Morgan fingerprint density at radius 1 is 1.69 bits per heavy atom. The molecule has 0 saturated carbocycles. The van der Waals surface area contributed by atoms with E-state index in [9.17, 15) is 4.79 Å². The van der Waals surface area contributed by atoms with Crippen LogP contribution in [0.25, 0.3) is 0 Å². The van der Waals surface area contributed by atoms with Gasteiger partial charge in [0, 0.05) is 23.8 Å². The standard InChI is InChI=1S/C11H14ClN3O/c1-15-5-3-9(7-15)14-11(16)10-6-8(12)2-4-13-10/h2,4,6,9H,3,5,7H2,1H3,(H,14,16). The Morgan fingerprint density at radius 2 is 2.50 bits per heavy atom. The normalized spacial score (nSPS) is 21.0. The van der Waals surface area contributed by atoms with Gasteiger partial charge in [-0.3, -0.25) is 9.78 Å². The zero-order valence-electron chi connectivity index (χ0n) is 9.11. The average molecular weight is 240 g/mol. The van der Waals surface area contributed by atoms with Crippen molar-refractivity contribution >= 4 is 17.5 Å². The zero-order chi connectivity index (χ0) is 11.5. The molecule has 1 N–H and O–H groups in total. The molecule has 2 heterocycles. The Balaban J connectivity index is 1.98. The SMILES string of the molecule is CN1CCC(NC(=O)c2cc(Cl)ccn2)C1. The number of aromatic nitrogens is 1. The highest BCUT2D eigenvalue weighted by Crippen LogP contribution is 2.10. The molecule has 1 atom stereocenters. The van der Waals surface area contributed by atoms with Crippen molar-refractivity contribution in [2.75, 3.05) is 20.1 Å². The van der Waals surface area contributed by atoms with E-state index in [4.69, 9.17) is 11.6 Å². The quantitative estimate of drug-likeness (QED) is 0.843. The molecule has 1 amide bonds. The van der Waals surface area contributed by atoms with Gasteiger partial charge in [-0.15, -0.1) is 0 Å². The minimum atomic E-state index is -0.150. The van der Waals surface area contributed by atoms with E-state index in [-0.39, 0.29) is 11.9 Å². The Kier molecular flexibility index (Phi) is 3.41. The van der Waals surface area contributed by atoms with Crippen LogP contribution in [0.15, 0.2) is 18.3 Å². The van der Waals surface area contributed by atoms with Crippen LogP contribution in [0.1, 0.15) is 16.9 Å². The summed E-state index contributed by atoms with van der Waals surface area (Å²) >= 11 is 5.80. The topological polar surface area (TPSA) is 45.2 Å². The molecule has 1 saturated heterocycles. The fourth-order valence-electron chi connectivity index (χ4n) is 1.84. The van der Waals surface area contributed by atoms with E-state index in [2.05, 4.69) is 15.2 Å². The van der Waals surface area contributed by atoms with E-state index in [1.54, 1.807) is 12.1 Å². The second kappa shape index (κ2) is 4.80. The predicted octanol–water partition coefficient (Wildman–Crippen LogP) is 1.17. The summed E-state index contributed by atoms with van der Waals surface area (Å²) < 4.78 is 0. The molecule has 1 aromatic rings. The summed E-state index contributed by atoms with van der Waals surface area (Å²) in [5.41, 5.74) is 0.377. The van der Waals surface area contributed by atoms with Crippen molar-refractivity contribution in [2.24, 2.45) is 0 Å². The Hall–Kier alpha value is -1.13. The second-order valence-electron chi connectivity index (χ2n) is 4.08. The Bertz CT molecular complexity index is 397. The van der Waals surface area contributed by atoms with Crippen molar-refractivity contribution in [1.29, 1.82) is 0 Å². The van der Waals surface area contributed by atoms with Gasteiger partial charge in [-0.05, 0) is 32.1 Å². The van der Waals surface area contributed by atoms with Crippen LogP contribution >= 0.6 is 11.6 Å². The summed E-state index contributed by atoms with van der Waals surface area (Å²) in [6.45, 7) is 1.92. The second-order valence-corrected chi connectivity index (χ2v) is 4.52. The molecular formula is C11H14ClN3O. The third-order valence-corrected chi connectivity index (χ3v) is 2.92. The number of likely N-dealkylation sites (N-methyl/N-ethyl adjacent to an activating group) is 1. The van der Waals surface area contributed by atoms with Gasteiger partial charge in [0.15, 0.2) is 0 Å². The number of rotatable bonds is 2. The fraction of sp³-hybridized carbons (Fsp3) is 0.455. The number of nitrogens with zero attached hydrogens (tertiary/aromatic N) is 2. The third-order valence-electron chi connectivity index (χ3n) is 2.68. The highest BCUT2D eigenvalue weighted by molar-refractivity contribution is 6.30. The molecular weight excluding hydrogens is 226 g/mol. The number of halogens is 1. The van der Waals surface area contributed by atoms with Gasteiger partial charge in [0.25, 0.3) is 5.91 Å². The minimum absolute atomic E-state index is 0.150. The van der Waals surface area contributed by atoms with Crippen LogP contribution in [0, 0.1) is 0 Å². The van der Waals surface area contributed by atoms with Gasteiger partial charge >= 0.3 is 0 Å². The van der Waals surface area contributed by atoms with Crippen LogP contribution in [0.2, 0.25) is 5.02 Å². The first kappa shape index (κ1) is 11.4. The molecule has 1 unspecified atom stereocenters. The van der Waals surface area contributed by atoms with E-state index in [0.717, 1.165) is 19.5 Å². The molecule has 0 aromatic carbocycles. The van der Waals surface area contributed by atoms with Crippen LogP contribution in [-0.2, 0) is 0 Å². The lowest BCUT2D eigenvalue weighted by Crippen LogP contribution is -2.36. The first-order valence-electron chi connectivity index (χ1n) is 5.26. The summed E-state index contributed by atoms with van der Waals surface area (Å²) in [6.07, 6.45) is 2.53. The molecule has 1 aromatic heterocycles. The van der Waals surface area contributed by atoms with Crippen molar-refractivity contribution in [2.45, 2.75) is 12.5 Å². The number of amides is 1. The van der Waals surface area contributed by atoms with E-state index >= 15 is 0 Å². The minimum Gasteiger partial charge on any atom is -0.347 e. The smallest absolute Gasteiger partial charge is 0.270 e. The first-order chi connectivity index (χ1) is 7.65. The Morgan fingerprint density at radius 3 is 3.12 bits per heavy atom. The van der Waals surface area contributed by atoms with Gasteiger partial charge in [0.05, 0.1) is 0 Å². The van der Waals surface area contributed by atoms with Crippen molar-refractivity contribution in [3.63, 3.8) is 0 Å². The van der Waals surface area contributed by atoms with E-state index in [0.29, 0.717) is 10.7 Å². The highest BCUT2D eigenvalue weighted by atomic mass is 35.5. The van der Waals surface area contributed by atoms with Gasteiger partial charge < -0.3 is 10.2 Å². The van der Waals surface area contributed by atoms with Crippen molar-refractivity contribution < 1.29 is 4.79 Å². The lowest BCUT2D eigenvalue weighted by Gasteiger charge is -2.12. The van der Waals surface area contributed by atoms with E-state index in [1.165, 1.54) is 6.20 Å². The monoisotopic (exact) mass is 239 g/mol. The zero-order valence-corrected chi connectivity index (χ0v) is 9.87. The van der Waals surface area contributed by atoms with E-state index < -0.39 is 0 Å². The first-order valence-corrected chi connectivity index (χ1v) is 5.64. The van der Waals surface area contributed by atoms with Crippen LogP contribution in [-0.4, -0.2) is 42.0 Å². The van der Waals surface area contributed by atoms with Gasteiger partial charge in [-0.2, -0.15) is 0 Å². The van der Waals surface area contributed by atoms with Crippen LogP contribution in [0.3, 0.4) is 0 Å². The number of nitrogens with one attached hydrogen (secondary N) is 1. The van der Waals surface area contributed by atoms with Crippen molar-refractivity contribution in [3.05, 3.63) is 29.0 Å². The molecule has 4 nitrogen and oxygen atoms in total. The van der Waals surface area contributed by atoms with Crippen LogP contribution in [0.4, 0.5) is 0 Å². The summed E-state index contributed by atoms with van der Waals surface area (Å²) in [5.74, 6) is -0.150. The molecule has 2 rings (SSSR count). The largest absolute Gasteiger partial charge is 0.347 e. The maximum absolute atomic E-state index is 11.8. The van der Waals surface area contributed by atoms with Crippen molar-refractivity contribution in [3.8, 4) is 0 Å². The molecule has 0 bridgehead atoms. The summed E-state index contributed by atoms with van der Waals surface area (Å²) in [5, 5.41) is 3.48. The molecule has 1 aliphatic rings. The number of hydrogen-bond donors (Lipinski definition) is 1. The molecule has 1 fully saturated rings. The summed E-state index contributed by atoms with van der Waals surface area (Å²) in [6, 6.07) is 3.45. The van der Waals surface area contributed by atoms with Crippen LogP contribution < -0.4 is 5.32 Å².